The molecule has 0 unspecified atom stereocenters. The summed E-state index contributed by atoms with van der Waals surface area (Å²) in [4.78, 5) is 0. The fourth-order valence-corrected chi connectivity index (χ4v) is 0.621. The first-order valence-electron chi connectivity index (χ1n) is 2.78. The summed E-state index contributed by atoms with van der Waals surface area (Å²) in [5.41, 5.74) is 0. The van der Waals surface area contributed by atoms with Crippen molar-refractivity contribution in [3.05, 3.63) is 30.1 Å². The maximum atomic E-state index is 12.5. The highest BCUT2D eigenvalue weighted by Gasteiger charge is 1.98. The Kier molecular flexibility index (Phi) is 2.20. The van der Waals surface area contributed by atoms with Gasteiger partial charge in [-0.15, -0.1) is 0 Å². The molecule has 0 atom stereocenters. The quantitative estimate of drug-likeness (QED) is 0.617. The topological polar surface area (TPSA) is 9.23 Å². The van der Waals surface area contributed by atoms with Crippen LogP contribution in [0.5, 0.6) is 5.75 Å². The minimum Gasteiger partial charge on any atom is -0.460 e. The van der Waals surface area contributed by atoms with Crippen molar-refractivity contribution < 1.29 is 13.5 Å². The van der Waals surface area contributed by atoms with Gasteiger partial charge < -0.3 is 4.74 Å². The number of ether oxygens (including phenoxy) is 1. The van der Waals surface area contributed by atoms with Gasteiger partial charge in [-0.25, -0.2) is 8.78 Å². The van der Waals surface area contributed by atoms with E-state index in [0.717, 1.165) is 0 Å². The van der Waals surface area contributed by atoms with E-state index in [-0.39, 0.29) is 5.75 Å². The zero-order valence-corrected chi connectivity index (χ0v) is 5.18. The lowest BCUT2D eigenvalue weighted by molar-refractivity contribution is 0.184. The lowest BCUT2D eigenvalue weighted by atomic mass is 10.3. The van der Waals surface area contributed by atoms with Crippen molar-refractivity contribution >= 4 is 0 Å². The van der Waals surface area contributed by atoms with E-state index < -0.39 is 12.7 Å². The highest BCUT2D eigenvalue weighted by molar-refractivity contribution is 5.23. The number of benzene rings is 1. The number of hydrogen-bond donors (Lipinski definition) is 0. The fourth-order valence-electron chi connectivity index (χ4n) is 0.621. The van der Waals surface area contributed by atoms with Gasteiger partial charge in [-0.05, 0) is 12.1 Å². The highest BCUT2D eigenvalue weighted by atomic mass is 19.1. The monoisotopic (exact) mass is 144 g/mol. The van der Waals surface area contributed by atoms with Crippen molar-refractivity contribution in [3.8, 4) is 5.75 Å². The molecule has 10 heavy (non-hydrogen) atoms. The van der Waals surface area contributed by atoms with E-state index in [2.05, 4.69) is 4.74 Å². The summed E-state index contributed by atoms with van der Waals surface area (Å²) in [7, 11) is 0. The second-order valence-corrected chi connectivity index (χ2v) is 1.68. The molecule has 1 aromatic carbocycles. The molecule has 0 aromatic heterocycles. The van der Waals surface area contributed by atoms with Gasteiger partial charge in [0.1, 0.15) is 0 Å². The van der Waals surface area contributed by atoms with Gasteiger partial charge in [-0.1, -0.05) is 12.1 Å². The maximum Gasteiger partial charge on any atom is 0.228 e. The molecule has 3 heteroatoms. The molecule has 0 heterocycles. The summed E-state index contributed by atoms with van der Waals surface area (Å²) in [6, 6.07) is 5.68. The van der Waals surface area contributed by atoms with E-state index in [4.69, 9.17) is 0 Å². The standard InChI is InChI=1S/C7H6F2O/c8-5-10-7-4-2-1-3-6(7)9/h1-4H,5H2. The molecule has 0 aliphatic rings. The molecule has 0 bridgehead atoms. The second-order valence-electron chi connectivity index (χ2n) is 1.68. The minimum absolute atomic E-state index is 0.0509. The predicted molar refractivity (Wildman–Crippen MR) is 33.0 cm³/mol. The van der Waals surface area contributed by atoms with Crippen molar-refractivity contribution in [2.75, 3.05) is 6.86 Å². The number of alkyl halides is 1. The third-order valence-electron chi connectivity index (χ3n) is 1.05. The zero-order chi connectivity index (χ0) is 7.40. The van der Waals surface area contributed by atoms with Crippen LogP contribution in [-0.4, -0.2) is 6.86 Å². The molecule has 0 fully saturated rings. The van der Waals surface area contributed by atoms with Crippen LogP contribution in [0, 0.1) is 5.82 Å². The molecule has 0 saturated heterocycles. The lowest BCUT2D eigenvalue weighted by Gasteiger charge is -1.99. The van der Waals surface area contributed by atoms with Crippen LogP contribution in [0.25, 0.3) is 0 Å². The van der Waals surface area contributed by atoms with E-state index >= 15 is 0 Å². The van der Waals surface area contributed by atoms with Gasteiger partial charge in [-0.3, -0.25) is 0 Å². The van der Waals surface area contributed by atoms with Crippen LogP contribution in [-0.2, 0) is 0 Å². The smallest absolute Gasteiger partial charge is 0.228 e. The average Bonchev–Trinajstić information content (AvgIpc) is 1.94. The van der Waals surface area contributed by atoms with Crippen molar-refractivity contribution in [2.45, 2.75) is 0 Å². The van der Waals surface area contributed by atoms with Crippen molar-refractivity contribution in [1.29, 1.82) is 0 Å². The van der Waals surface area contributed by atoms with Gasteiger partial charge in [0.15, 0.2) is 11.6 Å². The highest BCUT2D eigenvalue weighted by Crippen LogP contribution is 2.14. The number of para-hydroxylation sites is 1. The Bertz CT molecular complexity index is 213. The first kappa shape index (κ1) is 6.99. The van der Waals surface area contributed by atoms with Gasteiger partial charge in [0.25, 0.3) is 0 Å². The molecule has 54 valence electrons. The van der Waals surface area contributed by atoms with Crippen LogP contribution in [0.4, 0.5) is 8.78 Å². The van der Waals surface area contributed by atoms with Crippen LogP contribution < -0.4 is 4.74 Å². The first-order valence-corrected chi connectivity index (χ1v) is 2.78. The largest absolute Gasteiger partial charge is 0.460 e. The molecular weight excluding hydrogens is 138 g/mol. The van der Waals surface area contributed by atoms with Crippen molar-refractivity contribution in [2.24, 2.45) is 0 Å². The van der Waals surface area contributed by atoms with Crippen molar-refractivity contribution in [1.82, 2.24) is 0 Å². The number of hydrogen-bond acceptors (Lipinski definition) is 1. The fraction of sp³-hybridized carbons (Fsp3) is 0.143. The Morgan fingerprint density at radius 2 is 2.00 bits per heavy atom. The molecule has 0 spiro atoms. The van der Waals surface area contributed by atoms with Crippen molar-refractivity contribution in [3.63, 3.8) is 0 Å². The third kappa shape index (κ3) is 1.43. The Balaban J connectivity index is 2.81. The van der Waals surface area contributed by atoms with Gasteiger partial charge >= 0.3 is 0 Å². The van der Waals surface area contributed by atoms with E-state index in [1.54, 1.807) is 6.07 Å². The van der Waals surface area contributed by atoms with Crippen LogP contribution in [0.1, 0.15) is 0 Å². The summed E-state index contributed by atoms with van der Waals surface area (Å²) in [5.74, 6) is -0.592. The summed E-state index contributed by atoms with van der Waals surface area (Å²) in [6.45, 7) is -0.999. The van der Waals surface area contributed by atoms with E-state index in [0.29, 0.717) is 0 Å². The van der Waals surface area contributed by atoms with Gasteiger partial charge in [0.05, 0.1) is 0 Å². The number of halogens is 2. The van der Waals surface area contributed by atoms with Crippen LogP contribution >= 0.6 is 0 Å². The third-order valence-corrected chi connectivity index (χ3v) is 1.05. The Morgan fingerprint density at radius 3 is 2.60 bits per heavy atom. The zero-order valence-electron chi connectivity index (χ0n) is 5.18. The molecule has 0 aliphatic carbocycles. The van der Waals surface area contributed by atoms with Crippen LogP contribution in [0.2, 0.25) is 0 Å². The van der Waals surface area contributed by atoms with E-state index in [9.17, 15) is 8.78 Å². The normalized spacial score (nSPS) is 9.40. The van der Waals surface area contributed by atoms with Crippen LogP contribution in [0.15, 0.2) is 24.3 Å². The molecule has 0 N–H and O–H groups in total. The summed E-state index contributed by atoms with van der Waals surface area (Å²) < 4.78 is 28.2. The Hall–Kier alpha value is -1.12. The van der Waals surface area contributed by atoms with E-state index in [1.165, 1.54) is 18.2 Å². The van der Waals surface area contributed by atoms with Gasteiger partial charge in [0.2, 0.25) is 6.86 Å². The molecule has 0 aliphatic heterocycles. The molecule has 0 radical (unpaired) electrons. The molecule has 1 aromatic rings. The lowest BCUT2D eigenvalue weighted by Crippen LogP contribution is -1.91. The molecule has 0 saturated carbocycles. The maximum absolute atomic E-state index is 12.5. The first-order chi connectivity index (χ1) is 4.84. The molecule has 1 nitrogen and oxygen atoms in total. The SMILES string of the molecule is FCOc1ccccc1F. The summed E-state index contributed by atoms with van der Waals surface area (Å²) >= 11 is 0. The van der Waals surface area contributed by atoms with E-state index in [1.807, 2.05) is 0 Å². The summed E-state index contributed by atoms with van der Waals surface area (Å²) in [5, 5.41) is 0. The predicted octanol–water partition coefficient (Wildman–Crippen LogP) is 2.13. The minimum atomic E-state index is -0.999. The Morgan fingerprint density at radius 1 is 1.30 bits per heavy atom. The Labute approximate surface area is 57.2 Å². The molecule has 0 amide bonds. The second kappa shape index (κ2) is 3.15. The van der Waals surface area contributed by atoms with Gasteiger partial charge in [-0.2, -0.15) is 0 Å². The number of rotatable bonds is 2. The molecular formula is C7H6F2O. The van der Waals surface area contributed by atoms with Crippen LogP contribution in [0.3, 0.4) is 0 Å². The van der Waals surface area contributed by atoms with Gasteiger partial charge in [0, 0.05) is 0 Å². The molecule has 1 rings (SSSR count). The average molecular weight is 144 g/mol. The summed E-state index contributed by atoms with van der Waals surface area (Å²) in [6.07, 6.45) is 0.